The van der Waals surface area contributed by atoms with Crippen LogP contribution in [0.5, 0.6) is 0 Å². The summed E-state index contributed by atoms with van der Waals surface area (Å²) in [6.07, 6.45) is 1.78. The average molecular weight is 473 g/mol. The van der Waals surface area contributed by atoms with Gasteiger partial charge in [-0.05, 0) is 37.4 Å². The van der Waals surface area contributed by atoms with Crippen molar-refractivity contribution in [1.82, 2.24) is 19.7 Å². The molecule has 0 bridgehead atoms. The third kappa shape index (κ3) is 5.07. The Bertz CT molecular complexity index is 908. The monoisotopic (exact) mass is 471 g/mol. The van der Waals surface area contributed by atoms with Gasteiger partial charge in [0.15, 0.2) is 10.8 Å². The Balaban J connectivity index is 0.00000261. The second kappa shape index (κ2) is 9.64. The van der Waals surface area contributed by atoms with Gasteiger partial charge in [-0.1, -0.05) is 41.1 Å². The predicted molar refractivity (Wildman–Crippen MR) is 117 cm³/mol. The maximum Gasteiger partial charge on any atom is 0.280 e. The molecule has 0 unspecified atom stereocenters. The van der Waals surface area contributed by atoms with Crippen LogP contribution in [0.15, 0.2) is 34.9 Å². The summed E-state index contributed by atoms with van der Waals surface area (Å²) in [4.78, 5) is 21.8. The Kier molecular flexibility index (Phi) is 7.79. The Morgan fingerprint density at radius 3 is 2.59 bits per heavy atom. The van der Waals surface area contributed by atoms with E-state index in [1.807, 2.05) is 25.2 Å². The molecule has 0 aliphatic rings. The maximum atomic E-state index is 13.1. The number of halogens is 2. The van der Waals surface area contributed by atoms with Crippen LogP contribution in [0.1, 0.15) is 24.3 Å². The molecule has 6 nitrogen and oxygen atoms in total. The molecule has 2 aromatic heterocycles. The van der Waals surface area contributed by atoms with Crippen molar-refractivity contribution in [1.29, 1.82) is 0 Å². The standard InChI is InChI=1S/C18H22BrN5OS.ClH/c1-4-23(5-2)10-11-24(17(25)15-8-9-22(3)21-15)18-20-14-7-6-13(19)12-16(14)26-18;/h6-9,12H,4-5,10-11H2,1-3H3;1H. The fraction of sp³-hybridized carbons (Fsp3) is 0.389. The summed E-state index contributed by atoms with van der Waals surface area (Å²) in [7, 11) is 1.81. The van der Waals surface area contributed by atoms with Crippen LogP contribution in [0.3, 0.4) is 0 Å². The first-order valence-corrected chi connectivity index (χ1v) is 10.2. The quantitative estimate of drug-likeness (QED) is 0.517. The Morgan fingerprint density at radius 2 is 1.96 bits per heavy atom. The van der Waals surface area contributed by atoms with Crippen LogP contribution in [0.25, 0.3) is 10.2 Å². The van der Waals surface area contributed by atoms with Gasteiger partial charge in [0.25, 0.3) is 5.91 Å². The van der Waals surface area contributed by atoms with Gasteiger partial charge in [-0.2, -0.15) is 5.10 Å². The number of hydrogen-bond donors (Lipinski definition) is 0. The summed E-state index contributed by atoms with van der Waals surface area (Å²) in [6.45, 7) is 7.54. The molecule has 9 heteroatoms. The van der Waals surface area contributed by atoms with Gasteiger partial charge in [0.1, 0.15) is 0 Å². The maximum absolute atomic E-state index is 13.1. The van der Waals surface area contributed by atoms with Crippen LogP contribution in [0.2, 0.25) is 0 Å². The van der Waals surface area contributed by atoms with E-state index in [0.29, 0.717) is 17.4 Å². The second-order valence-corrected chi connectivity index (χ2v) is 7.89. The van der Waals surface area contributed by atoms with E-state index < -0.39 is 0 Å². The van der Waals surface area contributed by atoms with E-state index in [0.717, 1.165) is 34.3 Å². The molecule has 0 spiro atoms. The molecule has 3 rings (SSSR count). The summed E-state index contributed by atoms with van der Waals surface area (Å²) in [5, 5.41) is 4.98. The Labute approximate surface area is 177 Å². The highest BCUT2D eigenvalue weighted by atomic mass is 79.9. The molecule has 1 amide bonds. The molecule has 0 radical (unpaired) electrons. The van der Waals surface area contributed by atoms with Gasteiger partial charge < -0.3 is 4.90 Å². The van der Waals surface area contributed by atoms with Crippen LogP contribution in [-0.2, 0) is 7.05 Å². The van der Waals surface area contributed by atoms with Gasteiger partial charge >= 0.3 is 0 Å². The lowest BCUT2D eigenvalue weighted by molar-refractivity contribution is 0.0978. The summed E-state index contributed by atoms with van der Waals surface area (Å²) >= 11 is 5.02. The van der Waals surface area contributed by atoms with Gasteiger partial charge in [-0.25, -0.2) is 4.98 Å². The van der Waals surface area contributed by atoms with Crippen LogP contribution < -0.4 is 4.90 Å². The largest absolute Gasteiger partial charge is 0.302 e. The number of benzene rings is 1. The molecule has 0 atom stereocenters. The zero-order valence-electron chi connectivity index (χ0n) is 15.6. The van der Waals surface area contributed by atoms with E-state index in [1.54, 1.807) is 21.8 Å². The predicted octanol–water partition coefficient (Wildman–Crippen LogP) is 4.20. The smallest absolute Gasteiger partial charge is 0.280 e. The van der Waals surface area contributed by atoms with Crippen molar-refractivity contribution >= 4 is 60.9 Å². The van der Waals surface area contributed by atoms with Gasteiger partial charge in [0.2, 0.25) is 0 Å². The molecule has 0 saturated carbocycles. The Hall–Kier alpha value is -1.48. The van der Waals surface area contributed by atoms with Crippen LogP contribution >= 0.6 is 39.7 Å². The molecular weight excluding hydrogens is 450 g/mol. The van der Waals surface area contributed by atoms with Crippen molar-refractivity contribution in [2.75, 3.05) is 31.1 Å². The van der Waals surface area contributed by atoms with E-state index in [1.165, 1.54) is 11.3 Å². The van der Waals surface area contributed by atoms with E-state index in [-0.39, 0.29) is 18.3 Å². The third-order valence-corrected chi connectivity index (χ3v) is 5.82. The van der Waals surface area contributed by atoms with E-state index >= 15 is 0 Å². The fourth-order valence-corrected chi connectivity index (χ4v) is 4.28. The number of aromatic nitrogens is 3. The number of rotatable bonds is 7. The number of nitrogens with zero attached hydrogens (tertiary/aromatic N) is 5. The first kappa shape index (κ1) is 21.8. The van der Waals surface area contributed by atoms with Crippen molar-refractivity contribution in [3.63, 3.8) is 0 Å². The Morgan fingerprint density at radius 1 is 1.22 bits per heavy atom. The molecule has 2 heterocycles. The van der Waals surface area contributed by atoms with Crippen molar-refractivity contribution in [2.24, 2.45) is 7.05 Å². The number of fused-ring (bicyclic) bond motifs is 1. The van der Waals surface area contributed by atoms with E-state index in [9.17, 15) is 4.79 Å². The number of hydrogen-bond acceptors (Lipinski definition) is 5. The number of carbonyl (C=O) groups is 1. The van der Waals surface area contributed by atoms with E-state index in [4.69, 9.17) is 0 Å². The van der Waals surface area contributed by atoms with Crippen molar-refractivity contribution in [3.8, 4) is 0 Å². The topological polar surface area (TPSA) is 54.3 Å². The van der Waals surface area contributed by atoms with E-state index in [2.05, 4.69) is 44.8 Å². The highest BCUT2D eigenvalue weighted by molar-refractivity contribution is 9.10. The first-order valence-electron chi connectivity index (χ1n) is 8.61. The molecular formula is C18H23BrClN5OS. The molecule has 27 heavy (non-hydrogen) atoms. The van der Waals surface area contributed by atoms with Gasteiger partial charge in [0, 0.05) is 30.8 Å². The van der Waals surface area contributed by atoms with Crippen LogP contribution in [-0.4, -0.2) is 51.8 Å². The minimum atomic E-state index is -0.115. The second-order valence-electron chi connectivity index (χ2n) is 5.97. The number of thiazole rings is 1. The summed E-state index contributed by atoms with van der Waals surface area (Å²) < 4.78 is 3.70. The highest BCUT2D eigenvalue weighted by Crippen LogP contribution is 2.31. The lowest BCUT2D eigenvalue weighted by Gasteiger charge is -2.24. The minimum absolute atomic E-state index is 0. The van der Waals surface area contributed by atoms with Crippen molar-refractivity contribution < 1.29 is 4.79 Å². The zero-order valence-corrected chi connectivity index (χ0v) is 18.8. The highest BCUT2D eigenvalue weighted by Gasteiger charge is 2.23. The van der Waals surface area contributed by atoms with Gasteiger partial charge in [-0.3, -0.25) is 14.4 Å². The molecule has 146 valence electrons. The SMILES string of the molecule is CCN(CC)CCN(C(=O)c1ccn(C)n1)c1nc2ccc(Br)cc2s1.Cl. The molecule has 0 aliphatic carbocycles. The lowest BCUT2D eigenvalue weighted by atomic mass is 10.3. The average Bonchev–Trinajstić information content (AvgIpc) is 3.24. The van der Waals surface area contributed by atoms with Crippen molar-refractivity contribution in [2.45, 2.75) is 13.8 Å². The van der Waals surface area contributed by atoms with Crippen molar-refractivity contribution in [3.05, 3.63) is 40.6 Å². The van der Waals surface area contributed by atoms with Gasteiger partial charge in [0.05, 0.1) is 10.2 Å². The zero-order chi connectivity index (χ0) is 18.7. The molecule has 0 saturated heterocycles. The summed E-state index contributed by atoms with van der Waals surface area (Å²) in [6, 6.07) is 7.71. The number of anilines is 1. The minimum Gasteiger partial charge on any atom is -0.302 e. The van der Waals surface area contributed by atoms with Crippen LogP contribution in [0, 0.1) is 0 Å². The van der Waals surface area contributed by atoms with Crippen LogP contribution in [0.4, 0.5) is 5.13 Å². The number of amides is 1. The first-order chi connectivity index (χ1) is 12.5. The molecule has 0 N–H and O–H groups in total. The molecule has 3 aromatic rings. The molecule has 1 aromatic carbocycles. The summed E-state index contributed by atoms with van der Waals surface area (Å²) in [5.41, 5.74) is 1.34. The summed E-state index contributed by atoms with van der Waals surface area (Å²) in [5.74, 6) is -0.115. The molecule has 0 aliphatic heterocycles. The normalized spacial score (nSPS) is 11.0. The molecule has 0 fully saturated rings. The third-order valence-electron chi connectivity index (χ3n) is 4.28. The number of carbonyl (C=O) groups excluding carboxylic acids is 1. The number of likely N-dealkylation sites (N-methyl/N-ethyl adjacent to an activating group) is 1. The number of aryl methyl sites for hydroxylation is 1. The van der Waals surface area contributed by atoms with Gasteiger partial charge in [-0.15, -0.1) is 12.4 Å². The lowest BCUT2D eigenvalue weighted by Crippen LogP contribution is -2.39. The fourth-order valence-electron chi connectivity index (χ4n) is 2.73.